The van der Waals surface area contributed by atoms with E-state index in [1.807, 2.05) is 0 Å². The number of hydrogen-bond donors (Lipinski definition) is 0. The van der Waals surface area contributed by atoms with Gasteiger partial charge in [0.2, 0.25) is 6.54 Å². The van der Waals surface area contributed by atoms with Crippen LogP contribution in [-0.4, -0.2) is 22.2 Å². The molecule has 21 heavy (non-hydrogen) atoms. The topological polar surface area (TPSA) is 103 Å². The van der Waals surface area contributed by atoms with Crippen LogP contribution < -0.4 is 0 Å². The Balaban J connectivity index is 2.35. The first-order chi connectivity index (χ1) is 9.99. The van der Waals surface area contributed by atoms with E-state index in [9.17, 15) is 25.0 Å². The Labute approximate surface area is 121 Å². The third kappa shape index (κ3) is 3.62. The van der Waals surface area contributed by atoms with Gasteiger partial charge in [0.25, 0.3) is 5.69 Å². The fourth-order valence-corrected chi connectivity index (χ4v) is 2.93. The van der Waals surface area contributed by atoms with Crippen LogP contribution in [0.1, 0.15) is 37.2 Å². The molecule has 1 fully saturated rings. The highest BCUT2D eigenvalue weighted by molar-refractivity contribution is 5.82. The molecule has 0 bridgehead atoms. The number of nitro groups is 2. The number of non-ortho nitro benzene ring substituents is 1. The summed E-state index contributed by atoms with van der Waals surface area (Å²) in [5, 5.41) is 21.8. The molecule has 7 heteroatoms. The summed E-state index contributed by atoms with van der Waals surface area (Å²) >= 11 is 0. The van der Waals surface area contributed by atoms with Gasteiger partial charge < -0.3 is 0 Å². The van der Waals surface area contributed by atoms with Gasteiger partial charge in [-0.05, 0) is 18.4 Å². The zero-order valence-electron chi connectivity index (χ0n) is 11.4. The number of nitrogens with zero attached hydrogens (tertiary/aromatic N) is 2. The number of ketones is 1. The lowest BCUT2D eigenvalue weighted by Gasteiger charge is -2.26. The van der Waals surface area contributed by atoms with Gasteiger partial charge in [0.05, 0.1) is 10.8 Å². The van der Waals surface area contributed by atoms with E-state index in [1.54, 1.807) is 6.07 Å². The third-order valence-electron chi connectivity index (χ3n) is 3.94. The molecule has 1 saturated carbocycles. The zero-order valence-corrected chi connectivity index (χ0v) is 11.4. The quantitative estimate of drug-likeness (QED) is 0.613. The first-order valence-electron chi connectivity index (χ1n) is 6.88. The van der Waals surface area contributed by atoms with Crippen LogP contribution in [0.3, 0.4) is 0 Å². The average Bonchev–Trinajstić information content (AvgIpc) is 2.45. The SMILES string of the molecule is O=C1CCCC[C@@H]1[C@H](C[N+](=O)[O-])c1cccc([N+](=O)[O-])c1. The van der Waals surface area contributed by atoms with Crippen molar-refractivity contribution in [1.82, 2.24) is 0 Å². The van der Waals surface area contributed by atoms with Crippen LogP contribution in [0.4, 0.5) is 5.69 Å². The Morgan fingerprint density at radius 1 is 1.24 bits per heavy atom. The normalized spacial score (nSPS) is 20.0. The molecule has 0 aliphatic heterocycles. The number of rotatable bonds is 5. The van der Waals surface area contributed by atoms with Gasteiger partial charge in [0, 0.05) is 29.4 Å². The van der Waals surface area contributed by atoms with E-state index < -0.39 is 21.7 Å². The van der Waals surface area contributed by atoms with Gasteiger partial charge in [0.15, 0.2) is 0 Å². The standard InChI is InChI=1S/C14H16N2O5/c17-14-7-2-1-6-12(14)13(9-15(18)19)10-4-3-5-11(8-10)16(20)21/h3-5,8,12-13H,1-2,6-7,9H2/t12-,13-/m1/s1. The molecule has 2 atom stereocenters. The van der Waals surface area contributed by atoms with Crippen molar-refractivity contribution in [2.75, 3.05) is 6.54 Å². The minimum Gasteiger partial charge on any atom is -0.299 e. The highest BCUT2D eigenvalue weighted by atomic mass is 16.6. The molecule has 0 amide bonds. The Morgan fingerprint density at radius 2 is 2.00 bits per heavy atom. The lowest BCUT2D eigenvalue weighted by atomic mass is 9.76. The summed E-state index contributed by atoms with van der Waals surface area (Å²) in [6.07, 6.45) is 2.73. The molecular formula is C14H16N2O5. The van der Waals surface area contributed by atoms with Crippen LogP contribution in [0, 0.1) is 26.1 Å². The zero-order chi connectivity index (χ0) is 15.4. The smallest absolute Gasteiger partial charge is 0.269 e. The van der Waals surface area contributed by atoms with Crippen LogP contribution in [0.15, 0.2) is 24.3 Å². The summed E-state index contributed by atoms with van der Waals surface area (Å²) in [5.41, 5.74) is 0.394. The highest BCUT2D eigenvalue weighted by Gasteiger charge is 2.35. The van der Waals surface area contributed by atoms with Gasteiger partial charge >= 0.3 is 0 Å². The second-order valence-electron chi connectivity index (χ2n) is 5.29. The molecule has 0 unspecified atom stereocenters. The summed E-state index contributed by atoms with van der Waals surface area (Å²) < 4.78 is 0. The van der Waals surface area contributed by atoms with E-state index in [4.69, 9.17) is 0 Å². The first-order valence-corrected chi connectivity index (χ1v) is 6.88. The van der Waals surface area contributed by atoms with Crippen molar-refractivity contribution < 1.29 is 14.6 Å². The fourth-order valence-electron chi connectivity index (χ4n) is 2.93. The molecule has 0 aromatic heterocycles. The molecule has 1 aromatic rings. The molecule has 7 nitrogen and oxygen atoms in total. The molecule has 0 heterocycles. The molecule has 0 N–H and O–H groups in total. The van der Waals surface area contributed by atoms with Crippen molar-refractivity contribution in [1.29, 1.82) is 0 Å². The van der Waals surface area contributed by atoms with Gasteiger partial charge in [-0.25, -0.2) is 0 Å². The Bertz CT molecular complexity index is 572. The summed E-state index contributed by atoms with van der Waals surface area (Å²) in [5.74, 6) is -0.974. The van der Waals surface area contributed by atoms with Gasteiger partial charge in [-0.2, -0.15) is 0 Å². The second-order valence-corrected chi connectivity index (χ2v) is 5.29. The molecule has 0 saturated heterocycles. The van der Waals surface area contributed by atoms with Crippen molar-refractivity contribution in [3.63, 3.8) is 0 Å². The number of carbonyl (C=O) groups excluding carboxylic acids is 1. The highest BCUT2D eigenvalue weighted by Crippen LogP contribution is 2.35. The number of carbonyl (C=O) groups is 1. The molecule has 2 rings (SSSR count). The maximum Gasteiger partial charge on any atom is 0.269 e. The van der Waals surface area contributed by atoms with Gasteiger partial charge in [-0.1, -0.05) is 18.6 Å². The molecule has 0 radical (unpaired) electrons. The van der Waals surface area contributed by atoms with Gasteiger partial charge in [-0.3, -0.25) is 25.0 Å². The van der Waals surface area contributed by atoms with Gasteiger partial charge in [0.1, 0.15) is 5.78 Å². The summed E-state index contributed by atoms with van der Waals surface area (Å²) in [4.78, 5) is 32.8. The van der Waals surface area contributed by atoms with E-state index in [-0.39, 0.29) is 18.0 Å². The lowest BCUT2D eigenvalue weighted by Crippen LogP contribution is -2.30. The maximum absolute atomic E-state index is 12.1. The average molecular weight is 292 g/mol. The largest absolute Gasteiger partial charge is 0.299 e. The minimum absolute atomic E-state index is 0.0274. The van der Waals surface area contributed by atoms with Crippen molar-refractivity contribution in [2.24, 2.45) is 5.92 Å². The van der Waals surface area contributed by atoms with Crippen LogP contribution in [0.2, 0.25) is 0 Å². The molecule has 0 spiro atoms. The van der Waals surface area contributed by atoms with Crippen LogP contribution in [0.25, 0.3) is 0 Å². The number of benzene rings is 1. The summed E-state index contributed by atoms with van der Waals surface area (Å²) in [7, 11) is 0. The maximum atomic E-state index is 12.1. The molecule has 112 valence electrons. The van der Waals surface area contributed by atoms with Crippen LogP contribution in [-0.2, 0) is 4.79 Å². The van der Waals surface area contributed by atoms with Gasteiger partial charge in [-0.15, -0.1) is 0 Å². The number of nitro benzene ring substituents is 1. The van der Waals surface area contributed by atoms with Crippen molar-refractivity contribution in [2.45, 2.75) is 31.6 Å². The predicted molar refractivity (Wildman–Crippen MR) is 74.7 cm³/mol. The first kappa shape index (κ1) is 15.1. The molecule has 1 aliphatic carbocycles. The predicted octanol–water partition coefficient (Wildman–Crippen LogP) is 2.71. The third-order valence-corrected chi connectivity index (χ3v) is 3.94. The summed E-state index contributed by atoms with van der Waals surface area (Å²) in [6.45, 7) is -0.377. The molecular weight excluding hydrogens is 276 g/mol. The number of Topliss-reactive ketones (excluding diaryl/α,β-unsaturated/α-hetero) is 1. The number of hydrogen-bond acceptors (Lipinski definition) is 5. The second kappa shape index (κ2) is 6.43. The minimum atomic E-state index is -0.590. The van der Waals surface area contributed by atoms with E-state index in [0.29, 0.717) is 18.4 Å². The monoisotopic (exact) mass is 292 g/mol. The van der Waals surface area contributed by atoms with Crippen molar-refractivity contribution in [3.05, 3.63) is 50.1 Å². The van der Waals surface area contributed by atoms with Crippen LogP contribution >= 0.6 is 0 Å². The van der Waals surface area contributed by atoms with Crippen molar-refractivity contribution in [3.8, 4) is 0 Å². The van der Waals surface area contributed by atoms with Crippen molar-refractivity contribution >= 4 is 11.5 Å². The van der Waals surface area contributed by atoms with E-state index >= 15 is 0 Å². The van der Waals surface area contributed by atoms with E-state index in [1.165, 1.54) is 18.2 Å². The van der Waals surface area contributed by atoms with Crippen LogP contribution in [0.5, 0.6) is 0 Å². The molecule has 1 aliphatic rings. The Hall–Kier alpha value is -2.31. The fraction of sp³-hybridized carbons (Fsp3) is 0.500. The lowest BCUT2D eigenvalue weighted by molar-refractivity contribution is -0.484. The Kier molecular flexibility index (Phi) is 4.62. The Morgan fingerprint density at radius 3 is 2.62 bits per heavy atom. The van der Waals surface area contributed by atoms with E-state index in [0.717, 1.165) is 12.8 Å². The summed E-state index contributed by atoms with van der Waals surface area (Å²) in [6, 6.07) is 5.82. The van der Waals surface area contributed by atoms with E-state index in [2.05, 4.69) is 0 Å². The molecule has 1 aromatic carbocycles.